The summed E-state index contributed by atoms with van der Waals surface area (Å²) < 4.78 is 15.2. The number of benzene rings is 1. The molecule has 0 aliphatic carbocycles. The summed E-state index contributed by atoms with van der Waals surface area (Å²) in [6.07, 6.45) is 0. The van der Waals surface area contributed by atoms with Crippen LogP contribution in [-0.2, 0) is 0 Å². The highest BCUT2D eigenvalue weighted by atomic mass is 19.1. The van der Waals surface area contributed by atoms with Crippen molar-refractivity contribution in [3.63, 3.8) is 0 Å². The second-order valence-electron chi connectivity index (χ2n) is 4.37. The van der Waals surface area contributed by atoms with Crippen LogP contribution in [0.15, 0.2) is 18.2 Å². The average molecular weight is 248 g/mol. The third kappa shape index (κ3) is 2.01. The van der Waals surface area contributed by atoms with Crippen LogP contribution >= 0.6 is 0 Å². The first-order chi connectivity index (χ1) is 8.56. The number of nitrogens with one attached hydrogen (secondary N) is 1. The average Bonchev–Trinajstić information content (AvgIpc) is 2.74. The third-order valence-corrected chi connectivity index (χ3v) is 3.24. The number of nitrogens with zero attached hydrogens (tertiary/aromatic N) is 3. The standard InChI is InChI=1S/C13H17FN4/c1-8-11(14)6-5-7-12(8)18-10(3)13(16-17-18)9(2)15-4/h5-7,9,15H,1-4H3. The second-order valence-corrected chi connectivity index (χ2v) is 4.37. The molecule has 0 saturated carbocycles. The van der Waals surface area contributed by atoms with E-state index in [1.165, 1.54) is 6.07 Å². The minimum atomic E-state index is -0.231. The summed E-state index contributed by atoms with van der Waals surface area (Å²) >= 11 is 0. The van der Waals surface area contributed by atoms with Gasteiger partial charge >= 0.3 is 0 Å². The van der Waals surface area contributed by atoms with Crippen LogP contribution in [-0.4, -0.2) is 22.0 Å². The fourth-order valence-corrected chi connectivity index (χ4v) is 1.93. The maximum absolute atomic E-state index is 13.6. The summed E-state index contributed by atoms with van der Waals surface area (Å²) in [7, 11) is 1.87. The molecular formula is C13H17FN4. The van der Waals surface area contributed by atoms with Crippen molar-refractivity contribution in [3.8, 4) is 5.69 Å². The molecule has 1 aromatic heterocycles. The van der Waals surface area contributed by atoms with Crippen LogP contribution in [0, 0.1) is 19.7 Å². The molecule has 0 radical (unpaired) electrons. The van der Waals surface area contributed by atoms with Crippen molar-refractivity contribution >= 4 is 0 Å². The van der Waals surface area contributed by atoms with Gasteiger partial charge in [0.25, 0.3) is 0 Å². The predicted octanol–water partition coefficient (Wildman–Crippen LogP) is 2.30. The largest absolute Gasteiger partial charge is 0.312 e. The highest BCUT2D eigenvalue weighted by Gasteiger charge is 2.16. The van der Waals surface area contributed by atoms with E-state index in [1.807, 2.05) is 27.0 Å². The Balaban J connectivity index is 2.52. The van der Waals surface area contributed by atoms with Gasteiger partial charge in [-0.25, -0.2) is 9.07 Å². The zero-order valence-corrected chi connectivity index (χ0v) is 11.0. The maximum Gasteiger partial charge on any atom is 0.128 e. The molecule has 0 spiro atoms. The molecule has 2 rings (SSSR count). The lowest BCUT2D eigenvalue weighted by Crippen LogP contribution is -2.14. The lowest BCUT2D eigenvalue weighted by atomic mass is 10.1. The Morgan fingerprint density at radius 1 is 1.33 bits per heavy atom. The summed E-state index contributed by atoms with van der Waals surface area (Å²) in [4.78, 5) is 0. The van der Waals surface area contributed by atoms with Gasteiger partial charge in [0.1, 0.15) is 11.5 Å². The van der Waals surface area contributed by atoms with E-state index in [0.717, 1.165) is 17.1 Å². The molecule has 0 amide bonds. The van der Waals surface area contributed by atoms with Gasteiger partial charge in [0.2, 0.25) is 0 Å². The fourth-order valence-electron chi connectivity index (χ4n) is 1.93. The Morgan fingerprint density at radius 2 is 2.06 bits per heavy atom. The quantitative estimate of drug-likeness (QED) is 0.906. The topological polar surface area (TPSA) is 42.7 Å². The van der Waals surface area contributed by atoms with Gasteiger partial charge in [-0.3, -0.25) is 0 Å². The summed E-state index contributed by atoms with van der Waals surface area (Å²) in [5, 5.41) is 11.4. The maximum atomic E-state index is 13.6. The zero-order chi connectivity index (χ0) is 13.3. The molecule has 0 fully saturated rings. The Labute approximate surface area is 106 Å². The normalized spacial score (nSPS) is 12.7. The van der Waals surface area contributed by atoms with Gasteiger partial charge in [-0.05, 0) is 40.0 Å². The van der Waals surface area contributed by atoms with E-state index in [1.54, 1.807) is 17.7 Å². The van der Waals surface area contributed by atoms with E-state index in [-0.39, 0.29) is 11.9 Å². The summed E-state index contributed by atoms with van der Waals surface area (Å²) in [6, 6.07) is 5.09. The number of aromatic nitrogens is 3. The molecule has 96 valence electrons. The summed E-state index contributed by atoms with van der Waals surface area (Å²) in [6.45, 7) is 5.69. The molecule has 5 heteroatoms. The first kappa shape index (κ1) is 12.7. The highest BCUT2D eigenvalue weighted by molar-refractivity contribution is 5.41. The van der Waals surface area contributed by atoms with Gasteiger partial charge in [0, 0.05) is 5.56 Å². The number of hydrogen-bond donors (Lipinski definition) is 1. The van der Waals surface area contributed by atoms with E-state index in [2.05, 4.69) is 15.6 Å². The Morgan fingerprint density at radius 3 is 2.72 bits per heavy atom. The first-order valence-electron chi connectivity index (χ1n) is 5.91. The second kappa shape index (κ2) is 4.86. The van der Waals surface area contributed by atoms with Crippen LogP contribution in [0.4, 0.5) is 4.39 Å². The van der Waals surface area contributed by atoms with Crippen LogP contribution in [0.1, 0.15) is 29.9 Å². The van der Waals surface area contributed by atoms with Crippen molar-refractivity contribution in [1.29, 1.82) is 0 Å². The molecule has 1 atom stereocenters. The minimum Gasteiger partial charge on any atom is -0.312 e. The van der Waals surface area contributed by atoms with Crippen molar-refractivity contribution in [2.45, 2.75) is 26.8 Å². The molecule has 4 nitrogen and oxygen atoms in total. The monoisotopic (exact) mass is 248 g/mol. The van der Waals surface area contributed by atoms with Crippen LogP contribution in [0.3, 0.4) is 0 Å². The molecule has 0 saturated heterocycles. The van der Waals surface area contributed by atoms with Gasteiger partial charge in [-0.15, -0.1) is 5.10 Å². The molecule has 1 heterocycles. The van der Waals surface area contributed by atoms with Crippen molar-refractivity contribution in [3.05, 3.63) is 41.0 Å². The molecule has 2 aromatic rings. The Bertz CT molecular complexity index is 562. The van der Waals surface area contributed by atoms with Crippen molar-refractivity contribution in [1.82, 2.24) is 20.3 Å². The van der Waals surface area contributed by atoms with Gasteiger partial charge in [-0.1, -0.05) is 11.3 Å². The lowest BCUT2D eigenvalue weighted by molar-refractivity contribution is 0.614. The summed E-state index contributed by atoms with van der Waals surface area (Å²) in [5.74, 6) is -0.231. The van der Waals surface area contributed by atoms with E-state index in [9.17, 15) is 4.39 Å². The molecular weight excluding hydrogens is 231 g/mol. The van der Waals surface area contributed by atoms with Crippen LogP contribution in [0.5, 0.6) is 0 Å². The molecule has 0 bridgehead atoms. The molecule has 18 heavy (non-hydrogen) atoms. The predicted molar refractivity (Wildman–Crippen MR) is 68.3 cm³/mol. The van der Waals surface area contributed by atoms with Crippen molar-refractivity contribution in [2.75, 3.05) is 7.05 Å². The number of rotatable bonds is 3. The van der Waals surface area contributed by atoms with Gasteiger partial charge < -0.3 is 5.32 Å². The molecule has 1 unspecified atom stereocenters. The SMILES string of the molecule is CNC(C)c1nnn(-c2cccc(F)c2C)c1C. The Kier molecular flexibility index (Phi) is 3.43. The van der Waals surface area contributed by atoms with E-state index in [4.69, 9.17) is 0 Å². The van der Waals surface area contributed by atoms with Crippen LogP contribution in [0.2, 0.25) is 0 Å². The van der Waals surface area contributed by atoms with E-state index >= 15 is 0 Å². The van der Waals surface area contributed by atoms with Crippen LogP contribution in [0.25, 0.3) is 5.69 Å². The van der Waals surface area contributed by atoms with Gasteiger partial charge in [-0.2, -0.15) is 0 Å². The zero-order valence-electron chi connectivity index (χ0n) is 11.0. The van der Waals surface area contributed by atoms with Crippen LogP contribution < -0.4 is 5.32 Å². The first-order valence-corrected chi connectivity index (χ1v) is 5.91. The third-order valence-electron chi connectivity index (χ3n) is 3.24. The lowest BCUT2D eigenvalue weighted by Gasteiger charge is -2.10. The Hall–Kier alpha value is -1.75. The minimum absolute atomic E-state index is 0.118. The number of hydrogen-bond acceptors (Lipinski definition) is 3. The van der Waals surface area contributed by atoms with Crippen molar-refractivity contribution in [2.24, 2.45) is 0 Å². The molecule has 1 aromatic carbocycles. The van der Waals surface area contributed by atoms with Gasteiger partial charge in [0.05, 0.1) is 17.4 Å². The molecule has 0 aliphatic rings. The van der Waals surface area contributed by atoms with Crippen molar-refractivity contribution < 1.29 is 4.39 Å². The molecule has 0 aliphatic heterocycles. The molecule has 1 N–H and O–H groups in total. The highest BCUT2D eigenvalue weighted by Crippen LogP contribution is 2.21. The fraction of sp³-hybridized carbons (Fsp3) is 0.385. The number of halogens is 1. The van der Waals surface area contributed by atoms with E-state index in [0.29, 0.717) is 5.56 Å². The smallest absolute Gasteiger partial charge is 0.128 e. The summed E-state index contributed by atoms with van der Waals surface area (Å²) in [5.41, 5.74) is 3.11. The van der Waals surface area contributed by atoms with Gasteiger partial charge in [0.15, 0.2) is 0 Å². The van der Waals surface area contributed by atoms with E-state index < -0.39 is 0 Å².